The minimum atomic E-state index is -0.472. The van der Waals surface area contributed by atoms with Gasteiger partial charge in [0.1, 0.15) is 0 Å². The smallest absolute Gasteiger partial charge is 0.163 e. The van der Waals surface area contributed by atoms with E-state index in [9.17, 15) is 0 Å². The Hall–Kier alpha value is 0.530. The minimum Gasteiger partial charge on any atom is -0.396 e. The summed E-state index contributed by atoms with van der Waals surface area (Å²) in [6.07, 6.45) is 4.57. The molecule has 144 valence electrons. The molecule has 24 heavy (non-hydrogen) atoms. The third-order valence-electron chi connectivity index (χ3n) is 4.18. The fourth-order valence-corrected chi connectivity index (χ4v) is 3.85. The highest BCUT2D eigenvalue weighted by Gasteiger charge is 2.40. The van der Waals surface area contributed by atoms with Gasteiger partial charge < -0.3 is 24.1 Å². The quantitative estimate of drug-likeness (QED) is 0.481. The molecule has 0 amide bonds. The molecule has 2 heterocycles. The fourth-order valence-electron chi connectivity index (χ4n) is 3.23. The summed E-state index contributed by atoms with van der Waals surface area (Å²) in [6, 6.07) is 0. The molecular formula is C18H35IO5. The van der Waals surface area contributed by atoms with E-state index in [2.05, 4.69) is 36.4 Å². The summed E-state index contributed by atoms with van der Waals surface area (Å²) < 4.78 is 23.9. The molecule has 0 spiro atoms. The molecule has 6 heteroatoms. The van der Waals surface area contributed by atoms with Crippen LogP contribution in [-0.4, -0.2) is 52.1 Å². The van der Waals surface area contributed by atoms with Gasteiger partial charge in [0.15, 0.2) is 11.6 Å². The standard InChI is InChI=1S/C9H17IO2.C9H18O3/c2*1-4-7-8(5-6-10)12-9(2,3)11-7/h7-8H,4-6H2,1-3H3;7-8,10H,4-6H2,1-3H3/t2*7-,8+/m11/s1. The summed E-state index contributed by atoms with van der Waals surface area (Å²) in [5.74, 6) is -0.836. The highest BCUT2D eigenvalue weighted by atomic mass is 127. The summed E-state index contributed by atoms with van der Waals surface area (Å²) in [4.78, 5) is 0. The largest absolute Gasteiger partial charge is 0.396 e. The first kappa shape index (κ1) is 22.6. The monoisotopic (exact) mass is 458 g/mol. The maximum atomic E-state index is 8.77. The van der Waals surface area contributed by atoms with Crippen molar-refractivity contribution in [3.8, 4) is 0 Å². The maximum absolute atomic E-state index is 8.77. The summed E-state index contributed by atoms with van der Waals surface area (Å²) in [6.45, 7) is 12.2. The molecule has 0 aliphatic carbocycles. The van der Waals surface area contributed by atoms with Gasteiger partial charge in [-0.3, -0.25) is 0 Å². The molecule has 2 fully saturated rings. The van der Waals surface area contributed by atoms with Crippen molar-refractivity contribution in [1.29, 1.82) is 0 Å². The van der Waals surface area contributed by atoms with Crippen LogP contribution in [0.5, 0.6) is 0 Å². The van der Waals surface area contributed by atoms with E-state index in [1.165, 1.54) is 0 Å². The lowest BCUT2D eigenvalue weighted by Gasteiger charge is -2.16. The number of hydrogen-bond acceptors (Lipinski definition) is 5. The van der Waals surface area contributed by atoms with E-state index in [1.54, 1.807) is 0 Å². The Morgan fingerprint density at radius 1 is 0.750 bits per heavy atom. The molecule has 0 aromatic rings. The van der Waals surface area contributed by atoms with Crippen LogP contribution < -0.4 is 0 Å². The molecule has 2 aliphatic rings. The third-order valence-corrected chi connectivity index (χ3v) is 4.80. The Kier molecular flexibility index (Phi) is 9.42. The second-order valence-corrected chi connectivity index (χ2v) is 8.31. The van der Waals surface area contributed by atoms with Crippen LogP contribution in [0.25, 0.3) is 0 Å². The summed E-state index contributed by atoms with van der Waals surface area (Å²) in [7, 11) is 0. The molecule has 0 aromatic carbocycles. The minimum absolute atomic E-state index is 0.0648. The number of rotatable bonds is 6. The molecule has 2 saturated heterocycles. The van der Waals surface area contributed by atoms with Crippen molar-refractivity contribution in [3.63, 3.8) is 0 Å². The first-order valence-corrected chi connectivity index (χ1v) is 10.6. The lowest BCUT2D eigenvalue weighted by molar-refractivity contribution is -0.147. The summed E-state index contributed by atoms with van der Waals surface area (Å²) >= 11 is 2.38. The van der Waals surface area contributed by atoms with E-state index >= 15 is 0 Å². The zero-order valence-electron chi connectivity index (χ0n) is 16.0. The molecule has 2 aliphatic heterocycles. The Morgan fingerprint density at radius 3 is 1.46 bits per heavy atom. The van der Waals surface area contributed by atoms with Gasteiger partial charge in [-0.25, -0.2) is 0 Å². The van der Waals surface area contributed by atoms with Crippen molar-refractivity contribution >= 4 is 22.6 Å². The van der Waals surface area contributed by atoms with Gasteiger partial charge in [0.2, 0.25) is 0 Å². The summed E-state index contributed by atoms with van der Waals surface area (Å²) in [5.41, 5.74) is 0. The van der Waals surface area contributed by atoms with Gasteiger partial charge in [-0.15, -0.1) is 0 Å². The second kappa shape index (κ2) is 10.0. The van der Waals surface area contributed by atoms with Crippen molar-refractivity contribution in [1.82, 2.24) is 0 Å². The zero-order chi connectivity index (χ0) is 18.4. The van der Waals surface area contributed by atoms with Crippen LogP contribution in [0.15, 0.2) is 0 Å². The van der Waals surface area contributed by atoms with Crippen molar-refractivity contribution in [2.45, 2.75) is 103 Å². The predicted octanol–water partition coefficient (Wildman–Crippen LogP) is 4.04. The molecule has 0 saturated carbocycles. The topological polar surface area (TPSA) is 57.2 Å². The Morgan fingerprint density at radius 2 is 1.12 bits per heavy atom. The van der Waals surface area contributed by atoms with Gasteiger partial charge in [-0.05, 0) is 53.4 Å². The SMILES string of the molecule is CC[C@H]1OC(C)(C)O[C@H]1CCI.CC[C@H]1OC(C)(C)O[C@H]1CCO. The van der Waals surface area contributed by atoms with E-state index in [0.717, 1.165) is 23.7 Å². The van der Waals surface area contributed by atoms with Crippen LogP contribution in [0.4, 0.5) is 0 Å². The molecule has 4 atom stereocenters. The number of halogens is 1. The van der Waals surface area contributed by atoms with Gasteiger partial charge in [0.25, 0.3) is 0 Å². The number of ether oxygens (including phenoxy) is 4. The van der Waals surface area contributed by atoms with E-state index in [0.29, 0.717) is 18.6 Å². The van der Waals surface area contributed by atoms with E-state index < -0.39 is 5.79 Å². The lowest BCUT2D eigenvalue weighted by Crippen LogP contribution is -2.22. The maximum Gasteiger partial charge on any atom is 0.163 e. The van der Waals surface area contributed by atoms with Crippen molar-refractivity contribution < 1.29 is 24.1 Å². The highest BCUT2D eigenvalue weighted by Crippen LogP contribution is 2.32. The zero-order valence-corrected chi connectivity index (χ0v) is 18.2. The van der Waals surface area contributed by atoms with E-state index in [-0.39, 0.29) is 24.6 Å². The van der Waals surface area contributed by atoms with Crippen LogP contribution in [0, 0.1) is 0 Å². The average Bonchev–Trinajstić information content (AvgIpc) is 2.95. The van der Waals surface area contributed by atoms with Crippen LogP contribution in [0.1, 0.15) is 67.2 Å². The Bertz CT molecular complexity index is 327. The van der Waals surface area contributed by atoms with Crippen LogP contribution in [0.2, 0.25) is 0 Å². The molecule has 5 nitrogen and oxygen atoms in total. The van der Waals surface area contributed by atoms with Crippen LogP contribution in [0.3, 0.4) is 0 Å². The molecule has 1 N–H and O–H groups in total. The van der Waals surface area contributed by atoms with Crippen molar-refractivity contribution in [3.05, 3.63) is 0 Å². The van der Waals surface area contributed by atoms with Crippen molar-refractivity contribution in [2.24, 2.45) is 0 Å². The molecule has 2 rings (SSSR count). The number of aliphatic hydroxyl groups is 1. The first-order valence-electron chi connectivity index (χ1n) is 9.06. The first-order chi connectivity index (χ1) is 11.2. The number of hydrogen-bond donors (Lipinski definition) is 1. The van der Waals surface area contributed by atoms with Gasteiger partial charge in [-0.2, -0.15) is 0 Å². The Labute approximate surface area is 160 Å². The number of alkyl halides is 1. The molecular weight excluding hydrogens is 423 g/mol. The van der Waals surface area contributed by atoms with E-state index in [1.807, 2.05) is 27.7 Å². The molecule has 0 aromatic heterocycles. The summed E-state index contributed by atoms with van der Waals surface area (Å²) in [5, 5.41) is 8.77. The highest BCUT2D eigenvalue weighted by molar-refractivity contribution is 14.1. The molecule has 0 unspecified atom stereocenters. The predicted molar refractivity (Wildman–Crippen MR) is 103 cm³/mol. The van der Waals surface area contributed by atoms with Crippen LogP contribution in [-0.2, 0) is 18.9 Å². The number of aliphatic hydroxyl groups excluding tert-OH is 1. The van der Waals surface area contributed by atoms with E-state index in [4.69, 9.17) is 24.1 Å². The molecule has 0 bridgehead atoms. The average molecular weight is 458 g/mol. The fraction of sp³-hybridized carbons (Fsp3) is 1.00. The van der Waals surface area contributed by atoms with Crippen LogP contribution >= 0.6 is 22.6 Å². The van der Waals surface area contributed by atoms with Gasteiger partial charge in [0, 0.05) is 11.0 Å². The lowest BCUT2D eigenvalue weighted by atomic mass is 10.1. The normalized spacial score (nSPS) is 34.0. The second-order valence-electron chi connectivity index (χ2n) is 7.23. The van der Waals surface area contributed by atoms with Crippen molar-refractivity contribution in [2.75, 3.05) is 11.0 Å². The Balaban J connectivity index is 0.000000240. The van der Waals surface area contributed by atoms with Gasteiger partial charge in [-0.1, -0.05) is 36.4 Å². The molecule has 0 radical (unpaired) electrons. The van der Waals surface area contributed by atoms with Gasteiger partial charge in [0.05, 0.1) is 24.4 Å². The van der Waals surface area contributed by atoms with Gasteiger partial charge >= 0.3 is 0 Å². The third kappa shape index (κ3) is 7.03.